The van der Waals surface area contributed by atoms with Gasteiger partial charge in [0, 0.05) is 58.9 Å². The Labute approximate surface area is 238 Å². The normalized spacial score (nSPS) is 15.1. The molecule has 0 fully saturated rings. The standard InChI is InChI=1S/C32H41N5.Mn/c1-3-11-30-28(9-1)22-29-10-2-4-12-31(29)32(30)25-34-14-6-13-33-15-18-37-19-16-35-23-26-7-5-8-27(21-26)24-36-17-20-37;/h1-5,7-12,21-22,33-36H,6,13-20,23-25H2;/q;+2. The van der Waals surface area contributed by atoms with E-state index in [2.05, 4.69) is 105 Å². The average molecular weight is 551 g/mol. The third-order valence-corrected chi connectivity index (χ3v) is 7.36. The first-order valence-electron chi connectivity index (χ1n) is 13.9. The second kappa shape index (κ2) is 15.3. The Morgan fingerprint density at radius 1 is 0.658 bits per heavy atom. The van der Waals surface area contributed by atoms with E-state index in [0.717, 1.165) is 78.4 Å². The molecule has 0 aromatic heterocycles. The van der Waals surface area contributed by atoms with E-state index in [1.807, 2.05) is 0 Å². The zero-order chi connectivity index (χ0) is 25.1. The van der Waals surface area contributed by atoms with Crippen molar-refractivity contribution in [2.75, 3.05) is 52.4 Å². The first-order chi connectivity index (χ1) is 18.4. The minimum Gasteiger partial charge on any atom is -0.315 e. The summed E-state index contributed by atoms with van der Waals surface area (Å²) in [6, 6.07) is 28.7. The van der Waals surface area contributed by atoms with Gasteiger partial charge in [-0.3, -0.25) is 4.90 Å². The van der Waals surface area contributed by atoms with Crippen molar-refractivity contribution in [3.63, 3.8) is 0 Å². The maximum atomic E-state index is 3.70. The molecule has 0 spiro atoms. The Morgan fingerprint density at radius 2 is 1.26 bits per heavy atom. The molecule has 6 heteroatoms. The van der Waals surface area contributed by atoms with Crippen LogP contribution in [-0.4, -0.2) is 57.3 Å². The summed E-state index contributed by atoms with van der Waals surface area (Å²) < 4.78 is 0. The summed E-state index contributed by atoms with van der Waals surface area (Å²) in [6.45, 7) is 11.2. The summed E-state index contributed by atoms with van der Waals surface area (Å²) in [5.74, 6) is 0. The van der Waals surface area contributed by atoms with Crippen LogP contribution in [-0.2, 0) is 36.7 Å². The summed E-state index contributed by atoms with van der Waals surface area (Å²) in [5.41, 5.74) is 4.15. The van der Waals surface area contributed by atoms with E-state index in [4.69, 9.17) is 0 Å². The molecule has 1 heterocycles. The van der Waals surface area contributed by atoms with Crippen LogP contribution in [0.4, 0.5) is 0 Å². The molecule has 2 bridgehead atoms. The molecule has 1 radical (unpaired) electrons. The second-order valence-corrected chi connectivity index (χ2v) is 10.1. The van der Waals surface area contributed by atoms with Gasteiger partial charge in [-0.1, -0.05) is 72.8 Å². The van der Waals surface area contributed by atoms with Crippen molar-refractivity contribution in [2.24, 2.45) is 0 Å². The Kier molecular flexibility index (Phi) is 11.6. The van der Waals surface area contributed by atoms with Crippen molar-refractivity contribution in [2.45, 2.75) is 26.1 Å². The quantitative estimate of drug-likeness (QED) is 0.143. The van der Waals surface area contributed by atoms with E-state index >= 15 is 0 Å². The minimum atomic E-state index is 0. The van der Waals surface area contributed by atoms with Crippen molar-refractivity contribution < 1.29 is 17.1 Å². The van der Waals surface area contributed by atoms with E-state index in [-0.39, 0.29) is 17.1 Å². The number of benzene rings is 4. The van der Waals surface area contributed by atoms with Crippen molar-refractivity contribution >= 4 is 21.5 Å². The number of nitrogens with zero attached hydrogens (tertiary/aromatic N) is 1. The number of hydrogen-bond acceptors (Lipinski definition) is 5. The molecule has 4 aromatic rings. The van der Waals surface area contributed by atoms with Gasteiger partial charge in [-0.15, -0.1) is 0 Å². The van der Waals surface area contributed by atoms with Gasteiger partial charge < -0.3 is 21.3 Å². The van der Waals surface area contributed by atoms with Gasteiger partial charge in [0.05, 0.1) is 0 Å². The summed E-state index contributed by atoms with van der Waals surface area (Å²) >= 11 is 0. The molecule has 0 amide bonds. The van der Waals surface area contributed by atoms with Crippen molar-refractivity contribution in [1.82, 2.24) is 26.2 Å². The minimum absolute atomic E-state index is 0. The number of fused-ring (bicyclic) bond motifs is 4. The summed E-state index contributed by atoms with van der Waals surface area (Å²) in [5, 5.41) is 19.9. The summed E-state index contributed by atoms with van der Waals surface area (Å²) in [6.07, 6.45) is 1.13. The van der Waals surface area contributed by atoms with Crippen LogP contribution < -0.4 is 21.3 Å². The van der Waals surface area contributed by atoms with Gasteiger partial charge in [-0.2, -0.15) is 0 Å². The summed E-state index contributed by atoms with van der Waals surface area (Å²) in [7, 11) is 0. The van der Waals surface area contributed by atoms with Crippen LogP contribution in [0.1, 0.15) is 23.1 Å². The van der Waals surface area contributed by atoms with Crippen LogP contribution in [0.2, 0.25) is 0 Å². The fraction of sp³-hybridized carbons (Fsp3) is 0.375. The van der Waals surface area contributed by atoms with E-state index < -0.39 is 0 Å². The van der Waals surface area contributed by atoms with Crippen LogP contribution in [0.5, 0.6) is 0 Å². The average Bonchev–Trinajstić information content (AvgIpc) is 2.93. The molecule has 1 aliphatic heterocycles. The Morgan fingerprint density at radius 3 is 1.92 bits per heavy atom. The van der Waals surface area contributed by atoms with Crippen LogP contribution in [0, 0.1) is 0 Å². The van der Waals surface area contributed by atoms with Gasteiger partial charge in [-0.25, -0.2) is 0 Å². The molecule has 0 aliphatic carbocycles. The molecule has 1 aliphatic rings. The fourth-order valence-corrected chi connectivity index (χ4v) is 5.34. The van der Waals surface area contributed by atoms with Gasteiger partial charge in [-0.05, 0) is 63.8 Å². The van der Waals surface area contributed by atoms with Gasteiger partial charge in [0.2, 0.25) is 0 Å². The third kappa shape index (κ3) is 8.11. The molecule has 0 atom stereocenters. The molecule has 0 unspecified atom stereocenters. The van der Waals surface area contributed by atoms with Crippen molar-refractivity contribution in [3.8, 4) is 0 Å². The maximum Gasteiger partial charge on any atom is 2.00 e. The molecular weight excluding hydrogens is 509 g/mol. The second-order valence-electron chi connectivity index (χ2n) is 10.1. The summed E-state index contributed by atoms with van der Waals surface area (Å²) in [4.78, 5) is 2.56. The van der Waals surface area contributed by atoms with E-state index in [1.165, 1.54) is 38.2 Å². The smallest absolute Gasteiger partial charge is 0.315 e. The topological polar surface area (TPSA) is 51.4 Å². The third-order valence-electron chi connectivity index (χ3n) is 7.36. The van der Waals surface area contributed by atoms with E-state index in [0.29, 0.717) is 0 Å². The first kappa shape index (κ1) is 28.7. The van der Waals surface area contributed by atoms with Gasteiger partial charge in [0.15, 0.2) is 0 Å². The Bertz CT molecular complexity index is 1200. The van der Waals surface area contributed by atoms with Crippen molar-refractivity contribution in [3.05, 3.63) is 95.6 Å². The Hall–Kier alpha value is -2.28. The van der Waals surface area contributed by atoms with Crippen LogP contribution >= 0.6 is 0 Å². The molecule has 199 valence electrons. The molecular formula is C32H41MnN5+2. The van der Waals surface area contributed by atoms with Gasteiger partial charge in [0.25, 0.3) is 0 Å². The Balaban J connectivity index is 0.00000336. The maximum absolute atomic E-state index is 3.70. The zero-order valence-electron chi connectivity index (χ0n) is 22.3. The van der Waals surface area contributed by atoms with Gasteiger partial charge in [0.1, 0.15) is 0 Å². The van der Waals surface area contributed by atoms with E-state index in [1.54, 1.807) is 0 Å². The molecule has 5 nitrogen and oxygen atoms in total. The molecule has 4 N–H and O–H groups in total. The largest absolute Gasteiger partial charge is 2.00 e. The van der Waals surface area contributed by atoms with E-state index in [9.17, 15) is 0 Å². The van der Waals surface area contributed by atoms with Gasteiger partial charge >= 0.3 is 17.1 Å². The molecule has 0 saturated carbocycles. The predicted molar refractivity (Wildman–Crippen MR) is 157 cm³/mol. The molecule has 38 heavy (non-hydrogen) atoms. The molecule has 4 aromatic carbocycles. The fourth-order valence-electron chi connectivity index (χ4n) is 5.34. The number of rotatable bonds is 9. The first-order valence-corrected chi connectivity index (χ1v) is 13.9. The number of hydrogen-bond donors (Lipinski definition) is 4. The van der Waals surface area contributed by atoms with Crippen LogP contribution in [0.3, 0.4) is 0 Å². The monoisotopic (exact) mass is 550 g/mol. The number of nitrogens with one attached hydrogen (secondary N) is 4. The van der Waals surface area contributed by atoms with Crippen molar-refractivity contribution in [1.29, 1.82) is 0 Å². The molecule has 5 rings (SSSR count). The predicted octanol–water partition coefficient (Wildman–Crippen LogP) is 4.25. The van der Waals surface area contributed by atoms with Crippen LogP contribution in [0.25, 0.3) is 21.5 Å². The SMILES string of the molecule is [Mn+2].c1cc2cc(c1)CNCCN(CCNCCCNCc1c3ccccc3cc3ccccc13)CCNC2. The van der Waals surface area contributed by atoms with Crippen LogP contribution in [0.15, 0.2) is 78.9 Å². The molecule has 0 saturated heterocycles. The zero-order valence-corrected chi connectivity index (χ0v) is 23.5.